The predicted octanol–water partition coefficient (Wildman–Crippen LogP) is 5.32. The average molecular weight is 435 g/mol. The highest BCUT2D eigenvalue weighted by Gasteiger charge is 2.22. The SMILES string of the molecule is CC(C)(C)c1nc(-c2ccc(NC(=O)c3cccc(OCc4cscn4)c3)cc2)no1. The van der Waals surface area contributed by atoms with Gasteiger partial charge in [0.25, 0.3) is 5.91 Å². The van der Waals surface area contributed by atoms with Gasteiger partial charge in [-0.05, 0) is 42.5 Å². The van der Waals surface area contributed by atoms with Gasteiger partial charge in [-0.1, -0.05) is 32.0 Å². The number of hydrogen-bond donors (Lipinski definition) is 1. The number of carbonyl (C=O) groups excluding carboxylic acids is 1. The third kappa shape index (κ3) is 5.16. The molecule has 0 spiro atoms. The fourth-order valence-electron chi connectivity index (χ4n) is 2.74. The molecule has 0 atom stereocenters. The maximum absolute atomic E-state index is 12.7. The molecule has 0 saturated heterocycles. The van der Waals surface area contributed by atoms with E-state index in [0.29, 0.717) is 35.3 Å². The number of rotatable bonds is 6. The summed E-state index contributed by atoms with van der Waals surface area (Å²) in [6.07, 6.45) is 0. The Bertz CT molecular complexity index is 1160. The number of ether oxygens (including phenoxy) is 1. The lowest BCUT2D eigenvalue weighted by Crippen LogP contribution is -2.12. The first kappa shape index (κ1) is 20.7. The molecule has 4 rings (SSSR count). The van der Waals surface area contributed by atoms with E-state index in [0.717, 1.165) is 11.3 Å². The standard InChI is InChI=1S/C23H22N4O3S/c1-23(2,3)22-26-20(27-30-22)15-7-9-17(10-8-15)25-21(28)16-5-4-6-19(11-16)29-12-18-13-31-14-24-18/h4-11,13-14H,12H2,1-3H3,(H,25,28). The number of benzene rings is 2. The van der Waals surface area contributed by atoms with Crippen LogP contribution in [0.15, 0.2) is 63.9 Å². The molecule has 7 nitrogen and oxygen atoms in total. The quantitative estimate of drug-likeness (QED) is 0.442. The molecule has 2 heterocycles. The number of nitrogens with zero attached hydrogens (tertiary/aromatic N) is 3. The number of thiazole rings is 1. The van der Waals surface area contributed by atoms with E-state index in [1.807, 2.05) is 56.5 Å². The summed E-state index contributed by atoms with van der Waals surface area (Å²) in [5, 5.41) is 8.87. The largest absolute Gasteiger partial charge is 0.487 e. The highest BCUT2D eigenvalue weighted by atomic mass is 32.1. The van der Waals surface area contributed by atoms with Gasteiger partial charge in [-0.25, -0.2) is 4.98 Å². The molecule has 0 unspecified atom stereocenters. The van der Waals surface area contributed by atoms with Crippen molar-refractivity contribution in [1.29, 1.82) is 0 Å². The van der Waals surface area contributed by atoms with E-state index in [-0.39, 0.29) is 11.3 Å². The maximum Gasteiger partial charge on any atom is 0.255 e. The van der Waals surface area contributed by atoms with Gasteiger partial charge in [0.2, 0.25) is 11.7 Å². The van der Waals surface area contributed by atoms with Crippen LogP contribution in [0.2, 0.25) is 0 Å². The summed E-state index contributed by atoms with van der Waals surface area (Å²) < 4.78 is 11.1. The van der Waals surface area contributed by atoms with E-state index >= 15 is 0 Å². The van der Waals surface area contributed by atoms with Gasteiger partial charge in [-0.3, -0.25) is 4.79 Å². The first-order valence-electron chi connectivity index (χ1n) is 9.74. The number of aromatic nitrogens is 3. The number of amides is 1. The second-order valence-corrected chi connectivity index (χ2v) is 8.72. The van der Waals surface area contributed by atoms with Crippen LogP contribution < -0.4 is 10.1 Å². The maximum atomic E-state index is 12.7. The zero-order valence-electron chi connectivity index (χ0n) is 17.5. The number of anilines is 1. The Hall–Kier alpha value is -3.52. The smallest absolute Gasteiger partial charge is 0.255 e. The molecule has 4 aromatic rings. The monoisotopic (exact) mass is 434 g/mol. The summed E-state index contributed by atoms with van der Waals surface area (Å²) in [5.41, 5.74) is 4.40. The van der Waals surface area contributed by atoms with Crippen LogP contribution in [0.5, 0.6) is 5.75 Å². The van der Waals surface area contributed by atoms with Crippen LogP contribution in [0.1, 0.15) is 42.7 Å². The molecule has 158 valence electrons. The molecule has 8 heteroatoms. The molecular formula is C23H22N4O3S. The van der Waals surface area contributed by atoms with Crippen molar-refractivity contribution in [2.75, 3.05) is 5.32 Å². The lowest BCUT2D eigenvalue weighted by molar-refractivity contribution is 0.102. The Morgan fingerprint density at radius 3 is 2.65 bits per heavy atom. The second kappa shape index (κ2) is 8.69. The summed E-state index contributed by atoms with van der Waals surface area (Å²) in [7, 11) is 0. The molecule has 0 aliphatic heterocycles. The summed E-state index contributed by atoms with van der Waals surface area (Å²) in [6.45, 7) is 6.41. The lowest BCUT2D eigenvalue weighted by atomic mass is 9.97. The van der Waals surface area contributed by atoms with Crippen molar-refractivity contribution in [1.82, 2.24) is 15.1 Å². The van der Waals surface area contributed by atoms with Crippen molar-refractivity contribution in [3.63, 3.8) is 0 Å². The van der Waals surface area contributed by atoms with Crippen molar-refractivity contribution < 1.29 is 14.1 Å². The number of carbonyl (C=O) groups is 1. The van der Waals surface area contributed by atoms with E-state index < -0.39 is 0 Å². The fraction of sp³-hybridized carbons (Fsp3) is 0.217. The van der Waals surface area contributed by atoms with Gasteiger partial charge < -0.3 is 14.6 Å². The molecule has 0 bridgehead atoms. The van der Waals surface area contributed by atoms with E-state index in [1.54, 1.807) is 23.7 Å². The topological polar surface area (TPSA) is 90.1 Å². The molecule has 2 aromatic carbocycles. The van der Waals surface area contributed by atoms with Crippen molar-refractivity contribution in [2.24, 2.45) is 0 Å². The summed E-state index contributed by atoms with van der Waals surface area (Å²) in [6, 6.07) is 14.4. The third-order valence-electron chi connectivity index (χ3n) is 4.43. The first-order valence-corrected chi connectivity index (χ1v) is 10.7. The third-order valence-corrected chi connectivity index (χ3v) is 5.07. The van der Waals surface area contributed by atoms with Crippen LogP contribution in [0.4, 0.5) is 5.69 Å². The first-order chi connectivity index (χ1) is 14.9. The molecule has 0 aliphatic carbocycles. The van der Waals surface area contributed by atoms with Crippen molar-refractivity contribution in [3.8, 4) is 17.1 Å². The molecule has 0 radical (unpaired) electrons. The number of nitrogens with one attached hydrogen (secondary N) is 1. The van der Waals surface area contributed by atoms with Gasteiger partial charge in [0, 0.05) is 27.6 Å². The summed E-state index contributed by atoms with van der Waals surface area (Å²) >= 11 is 1.52. The zero-order valence-corrected chi connectivity index (χ0v) is 18.3. The van der Waals surface area contributed by atoms with Gasteiger partial charge in [-0.2, -0.15) is 4.98 Å². The van der Waals surface area contributed by atoms with Crippen LogP contribution in [-0.2, 0) is 12.0 Å². The average Bonchev–Trinajstić information content (AvgIpc) is 3.45. The van der Waals surface area contributed by atoms with E-state index in [2.05, 4.69) is 20.4 Å². The van der Waals surface area contributed by atoms with Crippen LogP contribution in [0.3, 0.4) is 0 Å². The van der Waals surface area contributed by atoms with Crippen molar-refractivity contribution in [3.05, 3.63) is 76.6 Å². The van der Waals surface area contributed by atoms with E-state index in [1.165, 1.54) is 11.3 Å². The van der Waals surface area contributed by atoms with Crippen molar-refractivity contribution >= 4 is 22.9 Å². The van der Waals surface area contributed by atoms with Crippen LogP contribution >= 0.6 is 11.3 Å². The summed E-state index contributed by atoms with van der Waals surface area (Å²) in [4.78, 5) is 21.3. The fourth-order valence-corrected chi connectivity index (χ4v) is 3.29. The normalized spacial score (nSPS) is 11.3. The minimum Gasteiger partial charge on any atom is -0.487 e. The molecule has 1 amide bonds. The lowest BCUT2D eigenvalue weighted by Gasteiger charge is -2.10. The molecule has 2 aromatic heterocycles. The molecule has 0 fully saturated rings. The Labute approximate surface area is 184 Å². The van der Waals surface area contributed by atoms with Gasteiger partial charge in [0.15, 0.2) is 0 Å². The Morgan fingerprint density at radius 1 is 1.16 bits per heavy atom. The zero-order chi connectivity index (χ0) is 21.8. The molecule has 31 heavy (non-hydrogen) atoms. The van der Waals surface area contributed by atoms with Crippen LogP contribution in [0.25, 0.3) is 11.4 Å². The molecule has 0 saturated carbocycles. The van der Waals surface area contributed by atoms with Crippen LogP contribution in [-0.4, -0.2) is 21.0 Å². The minimum atomic E-state index is -0.221. The molecule has 0 aliphatic rings. The predicted molar refractivity (Wildman–Crippen MR) is 119 cm³/mol. The number of hydrogen-bond acceptors (Lipinski definition) is 7. The van der Waals surface area contributed by atoms with Gasteiger partial charge >= 0.3 is 0 Å². The van der Waals surface area contributed by atoms with E-state index in [4.69, 9.17) is 9.26 Å². The Kier molecular flexibility index (Phi) is 5.81. The summed E-state index contributed by atoms with van der Waals surface area (Å²) in [5.74, 6) is 1.49. The Balaban J connectivity index is 1.40. The van der Waals surface area contributed by atoms with Gasteiger partial charge in [0.05, 0.1) is 11.2 Å². The second-order valence-electron chi connectivity index (χ2n) is 8.00. The van der Waals surface area contributed by atoms with Gasteiger partial charge in [-0.15, -0.1) is 11.3 Å². The minimum absolute atomic E-state index is 0.211. The van der Waals surface area contributed by atoms with Crippen LogP contribution in [0, 0.1) is 0 Å². The molecular weight excluding hydrogens is 412 g/mol. The highest BCUT2D eigenvalue weighted by molar-refractivity contribution is 7.07. The molecule has 1 N–H and O–H groups in total. The van der Waals surface area contributed by atoms with Gasteiger partial charge in [0.1, 0.15) is 12.4 Å². The van der Waals surface area contributed by atoms with E-state index in [9.17, 15) is 4.79 Å². The highest BCUT2D eigenvalue weighted by Crippen LogP contribution is 2.25. The van der Waals surface area contributed by atoms with Crippen molar-refractivity contribution in [2.45, 2.75) is 32.8 Å². The Morgan fingerprint density at radius 2 is 1.97 bits per heavy atom.